The Morgan fingerprint density at radius 3 is 2.38 bits per heavy atom. The molecule has 1 saturated carbocycles. The molecule has 12 nitrogen and oxygen atoms in total. The van der Waals surface area contributed by atoms with Crippen LogP contribution in [0.25, 0.3) is 0 Å². The molecule has 53 heavy (non-hydrogen) atoms. The minimum absolute atomic E-state index is 0.197. The number of sulfonamides is 1. The zero-order valence-electron chi connectivity index (χ0n) is 30.8. The summed E-state index contributed by atoms with van der Waals surface area (Å²) in [5.41, 5.74) is 4.14. The van der Waals surface area contributed by atoms with E-state index >= 15 is 0 Å². The molecule has 284 valence electrons. The van der Waals surface area contributed by atoms with Crippen LogP contribution >= 0.6 is 0 Å². The van der Waals surface area contributed by atoms with Gasteiger partial charge in [0.2, 0.25) is 0 Å². The maximum atomic E-state index is 13.2. The Hall–Kier alpha value is -4.20. The van der Waals surface area contributed by atoms with E-state index in [4.69, 9.17) is 4.74 Å². The van der Waals surface area contributed by atoms with Gasteiger partial charge in [0, 0.05) is 74.0 Å². The Bertz CT molecular complexity index is 1880. The van der Waals surface area contributed by atoms with Crippen molar-refractivity contribution in [2.45, 2.75) is 88.2 Å². The summed E-state index contributed by atoms with van der Waals surface area (Å²) in [6, 6.07) is 20.9. The van der Waals surface area contributed by atoms with Crippen LogP contribution in [0, 0.1) is 21.4 Å². The molecule has 0 unspecified atom stereocenters. The van der Waals surface area contributed by atoms with Crippen molar-refractivity contribution in [3.8, 4) is 0 Å². The first kappa shape index (κ1) is 37.1. The average Bonchev–Trinajstić information content (AvgIpc) is 3.62. The minimum atomic E-state index is -4.36. The Labute approximate surface area is 312 Å². The molecule has 1 amide bonds. The van der Waals surface area contributed by atoms with Crippen molar-refractivity contribution in [3.05, 3.63) is 88.0 Å². The molecule has 1 aliphatic carbocycles. The van der Waals surface area contributed by atoms with Crippen LogP contribution in [0.5, 0.6) is 0 Å². The first-order chi connectivity index (χ1) is 25.5. The van der Waals surface area contributed by atoms with Gasteiger partial charge in [-0.1, -0.05) is 18.2 Å². The van der Waals surface area contributed by atoms with Gasteiger partial charge in [-0.25, -0.2) is 13.1 Å². The summed E-state index contributed by atoms with van der Waals surface area (Å²) in [5.74, 6) is -0.476. The van der Waals surface area contributed by atoms with Crippen molar-refractivity contribution in [1.82, 2.24) is 9.62 Å². The first-order valence-electron chi connectivity index (χ1n) is 19.1. The quantitative estimate of drug-likeness (QED) is 0.131. The van der Waals surface area contributed by atoms with Crippen molar-refractivity contribution in [3.63, 3.8) is 0 Å². The van der Waals surface area contributed by atoms with Crippen LogP contribution in [0.4, 0.5) is 22.7 Å². The molecule has 3 saturated heterocycles. The summed E-state index contributed by atoms with van der Waals surface area (Å²) in [5, 5.41) is 18.6. The van der Waals surface area contributed by atoms with E-state index in [1.807, 2.05) is 12.1 Å². The van der Waals surface area contributed by atoms with Crippen LogP contribution < -0.4 is 20.3 Å². The van der Waals surface area contributed by atoms with Crippen LogP contribution in [-0.4, -0.2) is 75.6 Å². The van der Waals surface area contributed by atoms with Crippen LogP contribution in [0.3, 0.4) is 0 Å². The molecule has 3 heterocycles. The number of benzene rings is 3. The zero-order valence-corrected chi connectivity index (χ0v) is 31.6. The number of nitrogens with one attached hydrogen (secondary N) is 3. The monoisotopic (exact) mass is 744 g/mol. The molecule has 4 aliphatic rings. The molecule has 4 fully saturated rings. The largest absolute Gasteiger partial charge is 0.383 e. The molecular formula is C40H52N6O6S. The lowest BCUT2D eigenvalue weighted by molar-refractivity contribution is -0.384. The molecule has 13 heteroatoms. The predicted octanol–water partition coefficient (Wildman–Crippen LogP) is 6.96. The van der Waals surface area contributed by atoms with Gasteiger partial charge in [0.25, 0.3) is 21.6 Å². The Morgan fingerprint density at radius 2 is 1.68 bits per heavy atom. The van der Waals surface area contributed by atoms with Crippen molar-refractivity contribution in [2.24, 2.45) is 11.3 Å². The molecule has 7 rings (SSSR count). The van der Waals surface area contributed by atoms with E-state index in [-0.39, 0.29) is 21.8 Å². The third-order valence-electron chi connectivity index (χ3n) is 11.8. The number of nitro groups is 1. The number of amides is 1. The van der Waals surface area contributed by atoms with E-state index in [1.54, 1.807) is 12.1 Å². The maximum absolute atomic E-state index is 13.2. The van der Waals surface area contributed by atoms with E-state index in [9.17, 15) is 23.3 Å². The number of rotatable bonds is 12. The van der Waals surface area contributed by atoms with Crippen molar-refractivity contribution < 1.29 is 22.9 Å². The summed E-state index contributed by atoms with van der Waals surface area (Å²) in [4.78, 5) is 29.1. The topological polar surface area (TPSA) is 146 Å². The molecule has 3 N–H and O–H groups in total. The van der Waals surface area contributed by atoms with Gasteiger partial charge in [-0.15, -0.1) is 0 Å². The number of anilines is 3. The first-order valence-corrected chi connectivity index (χ1v) is 20.6. The summed E-state index contributed by atoms with van der Waals surface area (Å²) in [7, 11) is -4.36. The fourth-order valence-corrected chi connectivity index (χ4v) is 9.85. The molecule has 0 radical (unpaired) electrons. The van der Waals surface area contributed by atoms with Gasteiger partial charge < -0.3 is 20.3 Å². The Balaban J connectivity index is 0.918. The summed E-state index contributed by atoms with van der Waals surface area (Å²) in [6.07, 6.45) is 8.89. The number of likely N-dealkylation sites (tertiary alicyclic amines) is 1. The van der Waals surface area contributed by atoms with E-state index in [0.29, 0.717) is 49.2 Å². The highest BCUT2D eigenvalue weighted by molar-refractivity contribution is 7.90. The standard InChI is InChI=1S/C40H52N6O6S/c1-28(2)42-35-7-4-3-6-34(35)37-8-5-19-45(37)32-25-40(26-32)17-20-44(21-18-40)31-11-9-30(10-12-31)39(47)43-53(50,51)33-13-14-36(38(24-33)46(48)49)41-27-29-15-22-52-23-16-29/h3-4,6-7,9-14,24,28-29,32,37,41-42H,5,8,15-23,25-27H2,1-2H3,(H,43,47)/t37-/m0/s1. The lowest BCUT2D eigenvalue weighted by Gasteiger charge is -2.56. The Kier molecular flexibility index (Phi) is 11.0. The molecule has 3 aromatic rings. The number of para-hydroxylation sites is 1. The number of hydrogen-bond donors (Lipinski definition) is 3. The SMILES string of the molecule is CC(C)Nc1ccccc1[C@@H]1CCCN1C1CC2(CCN(c3ccc(C(=O)NS(=O)(=O)c4ccc(NCC5CCOCC5)c([N+](=O)[O-])c4)cc3)CC2)C1. The molecule has 1 atom stereocenters. The highest BCUT2D eigenvalue weighted by Gasteiger charge is 2.50. The highest BCUT2D eigenvalue weighted by atomic mass is 32.2. The van der Waals surface area contributed by atoms with Gasteiger partial charge >= 0.3 is 0 Å². The lowest BCUT2D eigenvalue weighted by Crippen LogP contribution is -2.54. The zero-order chi connectivity index (χ0) is 37.2. The third kappa shape index (κ3) is 8.32. The second-order valence-electron chi connectivity index (χ2n) is 15.7. The number of hydrogen-bond acceptors (Lipinski definition) is 10. The number of piperidine rings is 1. The van der Waals surface area contributed by atoms with Crippen LogP contribution in [0.1, 0.15) is 87.2 Å². The number of carbonyl (C=O) groups excluding carboxylic acids is 1. The van der Waals surface area contributed by atoms with E-state index in [1.165, 1.54) is 49.1 Å². The number of carbonyl (C=O) groups is 1. The minimum Gasteiger partial charge on any atom is -0.383 e. The third-order valence-corrected chi connectivity index (χ3v) is 13.1. The highest BCUT2D eigenvalue weighted by Crippen LogP contribution is 2.54. The van der Waals surface area contributed by atoms with Gasteiger partial charge in [0.05, 0.1) is 9.82 Å². The van der Waals surface area contributed by atoms with Gasteiger partial charge in [-0.05, 0) is 131 Å². The van der Waals surface area contributed by atoms with E-state index in [2.05, 4.69) is 63.3 Å². The molecule has 0 aromatic heterocycles. The molecule has 1 spiro atoms. The second kappa shape index (κ2) is 15.6. The fourth-order valence-electron chi connectivity index (χ4n) is 8.86. The van der Waals surface area contributed by atoms with Crippen LogP contribution in [-0.2, 0) is 14.8 Å². The van der Waals surface area contributed by atoms with Crippen molar-refractivity contribution >= 4 is 38.7 Å². The Morgan fingerprint density at radius 1 is 0.962 bits per heavy atom. The van der Waals surface area contributed by atoms with Gasteiger partial charge in [-0.3, -0.25) is 19.8 Å². The van der Waals surface area contributed by atoms with Gasteiger partial charge in [-0.2, -0.15) is 0 Å². The maximum Gasteiger partial charge on any atom is 0.293 e. The molecule has 3 aromatic carbocycles. The van der Waals surface area contributed by atoms with Crippen molar-refractivity contribution in [2.75, 3.05) is 54.9 Å². The van der Waals surface area contributed by atoms with E-state index in [0.717, 1.165) is 57.1 Å². The second-order valence-corrected chi connectivity index (χ2v) is 17.4. The molecule has 0 bridgehead atoms. The normalized spacial score (nSPS) is 21.0. The number of nitro benzene ring substituents is 1. The summed E-state index contributed by atoms with van der Waals surface area (Å²) in [6.45, 7) is 9.25. The van der Waals surface area contributed by atoms with Gasteiger partial charge in [0.1, 0.15) is 5.69 Å². The summed E-state index contributed by atoms with van der Waals surface area (Å²) >= 11 is 0. The summed E-state index contributed by atoms with van der Waals surface area (Å²) < 4.78 is 33.8. The lowest BCUT2D eigenvalue weighted by atomic mass is 9.60. The van der Waals surface area contributed by atoms with Crippen LogP contribution in [0.15, 0.2) is 71.6 Å². The van der Waals surface area contributed by atoms with E-state index < -0.39 is 20.9 Å². The van der Waals surface area contributed by atoms with Gasteiger partial charge in [0.15, 0.2) is 0 Å². The molecule has 3 aliphatic heterocycles. The average molecular weight is 745 g/mol. The molecular weight excluding hydrogens is 693 g/mol. The van der Waals surface area contributed by atoms with Crippen LogP contribution in [0.2, 0.25) is 0 Å². The fraction of sp³-hybridized carbons (Fsp3) is 0.525. The smallest absolute Gasteiger partial charge is 0.293 e. The van der Waals surface area contributed by atoms with Crippen molar-refractivity contribution in [1.29, 1.82) is 0 Å². The number of ether oxygens (including phenoxy) is 1. The predicted molar refractivity (Wildman–Crippen MR) is 207 cm³/mol. The number of nitrogens with zero attached hydrogens (tertiary/aromatic N) is 3.